The van der Waals surface area contributed by atoms with Gasteiger partial charge in [-0.15, -0.1) is 11.3 Å². The molecule has 1 aliphatic rings. The van der Waals surface area contributed by atoms with Crippen molar-refractivity contribution in [3.63, 3.8) is 0 Å². The quantitative estimate of drug-likeness (QED) is 0.942. The molecule has 1 fully saturated rings. The molecule has 0 saturated carbocycles. The van der Waals surface area contributed by atoms with E-state index in [0.717, 1.165) is 36.6 Å². The lowest BCUT2D eigenvalue weighted by Gasteiger charge is -2.29. The number of hydrogen-bond donors (Lipinski definition) is 1. The van der Waals surface area contributed by atoms with Crippen molar-refractivity contribution < 1.29 is 9.90 Å². The Morgan fingerprint density at radius 1 is 1.50 bits per heavy atom. The lowest BCUT2D eigenvalue weighted by Crippen LogP contribution is -2.38. The lowest BCUT2D eigenvalue weighted by atomic mass is 9.98. The molecule has 0 aliphatic carbocycles. The van der Waals surface area contributed by atoms with Gasteiger partial charge in [-0.25, -0.2) is 4.98 Å². The number of rotatable bonds is 4. The maximum atomic E-state index is 11.1. The second-order valence-corrected chi connectivity index (χ2v) is 6.71. The molecule has 0 unspecified atom stereocenters. The summed E-state index contributed by atoms with van der Waals surface area (Å²) >= 11 is 3.33. The Bertz CT molecular complexity index is 580. The van der Waals surface area contributed by atoms with Gasteiger partial charge < -0.3 is 5.11 Å². The van der Waals surface area contributed by atoms with Crippen molar-refractivity contribution in [2.75, 3.05) is 13.1 Å². The summed E-state index contributed by atoms with van der Waals surface area (Å²) in [6.45, 7) is 2.36. The van der Waals surface area contributed by atoms with Gasteiger partial charge in [-0.05, 0) is 30.8 Å². The van der Waals surface area contributed by atoms with Crippen LogP contribution in [0.2, 0.25) is 0 Å². The molecule has 3 heterocycles. The minimum Gasteiger partial charge on any atom is -0.481 e. The van der Waals surface area contributed by atoms with Crippen molar-refractivity contribution >= 4 is 28.6 Å². The molecule has 3 rings (SSSR count). The second-order valence-electron chi connectivity index (χ2n) is 5.07. The number of thiazole rings is 1. The third-order valence-corrected chi connectivity index (χ3v) is 5.18. The third kappa shape index (κ3) is 3.08. The molecule has 1 saturated heterocycles. The van der Waals surface area contributed by atoms with E-state index in [4.69, 9.17) is 5.11 Å². The van der Waals surface area contributed by atoms with E-state index in [1.807, 2.05) is 0 Å². The number of aromatic nitrogens is 1. The van der Waals surface area contributed by atoms with E-state index >= 15 is 0 Å². The summed E-state index contributed by atoms with van der Waals surface area (Å²) in [5.41, 5.74) is 2.22. The Labute approximate surface area is 125 Å². The predicted molar refractivity (Wildman–Crippen MR) is 81.1 cm³/mol. The number of carboxylic acids is 1. The van der Waals surface area contributed by atoms with Gasteiger partial charge in [0.2, 0.25) is 0 Å². The molecule has 20 heavy (non-hydrogen) atoms. The highest BCUT2D eigenvalue weighted by atomic mass is 32.1. The van der Waals surface area contributed by atoms with Crippen LogP contribution in [0.25, 0.3) is 10.6 Å². The highest BCUT2D eigenvalue weighted by molar-refractivity contribution is 7.14. The number of thiophene rings is 1. The van der Waals surface area contributed by atoms with E-state index in [1.54, 1.807) is 22.7 Å². The van der Waals surface area contributed by atoms with Crippen LogP contribution in [0.5, 0.6) is 0 Å². The smallest absolute Gasteiger partial charge is 0.307 e. The van der Waals surface area contributed by atoms with Crippen LogP contribution in [0.3, 0.4) is 0 Å². The second kappa shape index (κ2) is 6.03. The first-order valence-electron chi connectivity index (χ1n) is 6.64. The van der Waals surface area contributed by atoms with Crippen LogP contribution in [-0.2, 0) is 11.3 Å². The van der Waals surface area contributed by atoms with E-state index < -0.39 is 5.97 Å². The Kier molecular flexibility index (Phi) is 4.14. The molecule has 0 aromatic carbocycles. The van der Waals surface area contributed by atoms with E-state index in [0.29, 0.717) is 6.54 Å². The van der Waals surface area contributed by atoms with Crippen LogP contribution in [-0.4, -0.2) is 34.0 Å². The molecule has 0 spiro atoms. The Morgan fingerprint density at radius 2 is 2.40 bits per heavy atom. The first-order valence-corrected chi connectivity index (χ1v) is 8.47. The number of aliphatic carboxylic acids is 1. The van der Waals surface area contributed by atoms with Crippen LogP contribution in [0.1, 0.15) is 18.5 Å². The molecule has 6 heteroatoms. The molecule has 1 N–H and O–H groups in total. The molecule has 0 amide bonds. The molecule has 1 atom stereocenters. The van der Waals surface area contributed by atoms with Gasteiger partial charge in [0.15, 0.2) is 0 Å². The average molecular weight is 308 g/mol. The van der Waals surface area contributed by atoms with Gasteiger partial charge >= 0.3 is 5.97 Å². The zero-order valence-electron chi connectivity index (χ0n) is 11.0. The topological polar surface area (TPSA) is 53.4 Å². The summed E-state index contributed by atoms with van der Waals surface area (Å²) in [6.07, 6.45) is 1.75. The fourth-order valence-corrected chi connectivity index (χ4v) is 4.05. The van der Waals surface area contributed by atoms with Gasteiger partial charge in [0.25, 0.3) is 0 Å². The van der Waals surface area contributed by atoms with Crippen LogP contribution >= 0.6 is 22.7 Å². The van der Waals surface area contributed by atoms with Crippen molar-refractivity contribution in [3.8, 4) is 10.6 Å². The van der Waals surface area contributed by atoms with Gasteiger partial charge in [0.1, 0.15) is 5.01 Å². The van der Waals surface area contributed by atoms with Crippen molar-refractivity contribution in [3.05, 3.63) is 27.9 Å². The van der Waals surface area contributed by atoms with E-state index in [2.05, 4.69) is 32.1 Å². The Morgan fingerprint density at radius 3 is 3.15 bits per heavy atom. The third-order valence-electron chi connectivity index (χ3n) is 3.56. The van der Waals surface area contributed by atoms with Crippen LogP contribution < -0.4 is 0 Å². The van der Waals surface area contributed by atoms with Crippen molar-refractivity contribution in [2.45, 2.75) is 19.4 Å². The molecular weight excluding hydrogens is 292 g/mol. The largest absolute Gasteiger partial charge is 0.481 e. The number of nitrogens with zero attached hydrogens (tertiary/aromatic N) is 2. The average Bonchev–Trinajstić information content (AvgIpc) is 3.09. The first-order chi connectivity index (χ1) is 9.72. The summed E-state index contributed by atoms with van der Waals surface area (Å²) in [7, 11) is 0. The molecule has 2 aromatic rings. The number of carbonyl (C=O) groups is 1. The maximum Gasteiger partial charge on any atom is 0.307 e. The monoisotopic (exact) mass is 308 g/mol. The highest BCUT2D eigenvalue weighted by Crippen LogP contribution is 2.27. The van der Waals surface area contributed by atoms with Crippen molar-refractivity contribution in [2.24, 2.45) is 5.92 Å². The van der Waals surface area contributed by atoms with Crippen molar-refractivity contribution in [1.29, 1.82) is 0 Å². The molecule has 1 aliphatic heterocycles. The minimum atomic E-state index is -0.674. The lowest BCUT2D eigenvalue weighted by molar-refractivity contribution is -0.143. The summed E-state index contributed by atoms with van der Waals surface area (Å²) in [4.78, 5) is 17.9. The van der Waals surface area contributed by atoms with E-state index in [-0.39, 0.29) is 5.92 Å². The highest BCUT2D eigenvalue weighted by Gasteiger charge is 2.25. The van der Waals surface area contributed by atoms with Gasteiger partial charge in [-0.3, -0.25) is 9.69 Å². The van der Waals surface area contributed by atoms with Gasteiger partial charge in [-0.2, -0.15) is 11.3 Å². The van der Waals surface area contributed by atoms with Crippen LogP contribution in [0, 0.1) is 5.92 Å². The summed E-state index contributed by atoms with van der Waals surface area (Å²) in [6, 6.07) is 2.08. The fourth-order valence-electron chi connectivity index (χ4n) is 2.53. The zero-order valence-corrected chi connectivity index (χ0v) is 12.6. The van der Waals surface area contributed by atoms with Crippen LogP contribution in [0.4, 0.5) is 0 Å². The maximum absolute atomic E-state index is 11.1. The fraction of sp³-hybridized carbons (Fsp3) is 0.429. The minimum absolute atomic E-state index is 0.223. The molecule has 0 radical (unpaired) electrons. The van der Waals surface area contributed by atoms with Gasteiger partial charge in [0.05, 0.1) is 11.6 Å². The van der Waals surface area contributed by atoms with Gasteiger partial charge in [-0.1, -0.05) is 0 Å². The van der Waals surface area contributed by atoms with E-state index in [1.165, 1.54) is 5.56 Å². The molecule has 106 valence electrons. The normalized spacial score (nSPS) is 20.1. The number of likely N-dealkylation sites (tertiary alicyclic amines) is 1. The molecular formula is C14H16N2O2S2. The Balaban J connectivity index is 1.64. The molecule has 4 nitrogen and oxygen atoms in total. The Hall–Kier alpha value is -1.24. The zero-order chi connectivity index (χ0) is 13.9. The van der Waals surface area contributed by atoms with E-state index in [9.17, 15) is 4.79 Å². The molecule has 0 bridgehead atoms. The number of carboxylic acid groups (broad SMARTS) is 1. The summed E-state index contributed by atoms with van der Waals surface area (Å²) in [5.74, 6) is -0.898. The van der Waals surface area contributed by atoms with Gasteiger partial charge in [0, 0.05) is 29.4 Å². The summed E-state index contributed by atoms with van der Waals surface area (Å²) < 4.78 is 0. The molecule has 2 aromatic heterocycles. The summed E-state index contributed by atoms with van der Waals surface area (Å²) in [5, 5.41) is 16.4. The number of piperidine rings is 1. The number of hydrogen-bond acceptors (Lipinski definition) is 5. The first kappa shape index (κ1) is 13.7. The standard InChI is InChI=1S/C14H16N2O2S2/c17-14(18)10-2-1-4-16(6-10)7-12-9-20-13(15-12)11-3-5-19-8-11/h3,5,8-10H,1-2,4,6-7H2,(H,17,18)/t10-/m1/s1. The van der Waals surface area contributed by atoms with Crippen LogP contribution in [0.15, 0.2) is 22.2 Å². The van der Waals surface area contributed by atoms with Crippen molar-refractivity contribution in [1.82, 2.24) is 9.88 Å². The SMILES string of the molecule is O=C(O)[C@@H]1CCCN(Cc2csc(-c3ccsc3)n2)C1. The predicted octanol–water partition coefficient (Wildman–Crippen LogP) is 3.17.